The Balaban J connectivity index is 2.35. The van der Waals surface area contributed by atoms with E-state index in [1.807, 2.05) is 29.2 Å². The first-order chi connectivity index (χ1) is 9.49. The van der Waals surface area contributed by atoms with Crippen molar-refractivity contribution in [2.45, 2.75) is 45.2 Å². The van der Waals surface area contributed by atoms with Crippen LogP contribution in [0.4, 0.5) is 0 Å². The Hall–Kier alpha value is -1.06. The van der Waals surface area contributed by atoms with E-state index in [0.29, 0.717) is 17.4 Å². The van der Waals surface area contributed by atoms with Gasteiger partial charge in [-0.2, -0.15) is 0 Å². The van der Waals surface area contributed by atoms with Crippen LogP contribution in [0.2, 0.25) is 5.02 Å². The molecule has 0 aliphatic carbocycles. The zero-order valence-corrected chi connectivity index (χ0v) is 12.9. The summed E-state index contributed by atoms with van der Waals surface area (Å²) in [5, 5.41) is 0.706. The lowest BCUT2D eigenvalue weighted by Crippen LogP contribution is -2.43. The minimum absolute atomic E-state index is 0.0126. The average molecular weight is 295 g/mol. The lowest BCUT2D eigenvalue weighted by atomic mass is 9.95. The van der Waals surface area contributed by atoms with Gasteiger partial charge in [0.25, 0.3) is 0 Å². The van der Waals surface area contributed by atoms with Gasteiger partial charge in [-0.3, -0.25) is 4.79 Å². The van der Waals surface area contributed by atoms with Crippen molar-refractivity contribution in [3.05, 3.63) is 34.9 Å². The highest BCUT2D eigenvalue weighted by molar-refractivity contribution is 6.30. The van der Waals surface area contributed by atoms with Crippen LogP contribution in [0.1, 0.15) is 44.7 Å². The lowest BCUT2D eigenvalue weighted by Gasteiger charge is -2.35. The third-order valence-electron chi connectivity index (χ3n) is 3.76. The molecule has 110 valence electrons. The van der Waals surface area contributed by atoms with E-state index < -0.39 is 0 Å². The van der Waals surface area contributed by atoms with Crippen molar-refractivity contribution in [1.29, 1.82) is 0 Å². The van der Waals surface area contributed by atoms with Crippen LogP contribution in [0.15, 0.2) is 24.3 Å². The molecular formula is C16H23ClN2O. The second kappa shape index (κ2) is 6.59. The van der Waals surface area contributed by atoms with Crippen molar-refractivity contribution in [3.8, 4) is 0 Å². The van der Waals surface area contributed by atoms with Gasteiger partial charge in [-0.05, 0) is 36.5 Å². The maximum Gasteiger partial charge on any atom is 0.223 e. The largest absolute Gasteiger partial charge is 0.334 e. The summed E-state index contributed by atoms with van der Waals surface area (Å²) >= 11 is 5.96. The number of hydrogen-bond acceptors (Lipinski definition) is 2. The van der Waals surface area contributed by atoms with E-state index in [0.717, 1.165) is 24.9 Å². The number of rotatable bonds is 3. The summed E-state index contributed by atoms with van der Waals surface area (Å²) in [6, 6.07) is 7.66. The SMILES string of the molecule is CC(C)CN1C(=O)CCCC(N)C1c1ccc(Cl)cc1. The standard InChI is InChI=1S/C16H23ClN2O/c1-11(2)10-19-15(20)5-3-4-14(18)16(19)12-6-8-13(17)9-7-12/h6-9,11,14,16H,3-5,10,18H2,1-2H3. The Labute approximate surface area is 126 Å². The number of carbonyl (C=O) groups is 1. The molecule has 1 aromatic rings. The fourth-order valence-electron chi connectivity index (χ4n) is 2.87. The normalized spacial score (nSPS) is 24.1. The number of halogens is 1. The van der Waals surface area contributed by atoms with Crippen molar-refractivity contribution < 1.29 is 4.79 Å². The number of hydrogen-bond donors (Lipinski definition) is 1. The van der Waals surface area contributed by atoms with Crippen molar-refractivity contribution in [1.82, 2.24) is 4.90 Å². The minimum Gasteiger partial charge on any atom is -0.334 e. The van der Waals surface area contributed by atoms with Crippen LogP contribution in [0, 0.1) is 5.92 Å². The van der Waals surface area contributed by atoms with Gasteiger partial charge in [0.2, 0.25) is 5.91 Å². The quantitative estimate of drug-likeness (QED) is 0.929. The maximum atomic E-state index is 12.4. The molecule has 1 amide bonds. The summed E-state index contributed by atoms with van der Waals surface area (Å²) in [4.78, 5) is 14.4. The highest BCUT2D eigenvalue weighted by atomic mass is 35.5. The van der Waals surface area contributed by atoms with E-state index in [-0.39, 0.29) is 18.0 Å². The van der Waals surface area contributed by atoms with E-state index in [4.69, 9.17) is 17.3 Å². The molecule has 1 aromatic carbocycles. The van der Waals surface area contributed by atoms with Gasteiger partial charge >= 0.3 is 0 Å². The third-order valence-corrected chi connectivity index (χ3v) is 4.02. The first-order valence-electron chi connectivity index (χ1n) is 7.29. The fourth-order valence-corrected chi connectivity index (χ4v) is 3.00. The van der Waals surface area contributed by atoms with Crippen molar-refractivity contribution in [2.75, 3.05) is 6.54 Å². The van der Waals surface area contributed by atoms with Crippen LogP contribution in [0.25, 0.3) is 0 Å². The van der Waals surface area contributed by atoms with Gasteiger partial charge in [0, 0.05) is 24.0 Å². The molecule has 4 heteroatoms. The molecule has 20 heavy (non-hydrogen) atoms. The highest BCUT2D eigenvalue weighted by Crippen LogP contribution is 2.31. The van der Waals surface area contributed by atoms with Gasteiger partial charge in [-0.1, -0.05) is 37.6 Å². The lowest BCUT2D eigenvalue weighted by molar-refractivity contribution is -0.133. The summed E-state index contributed by atoms with van der Waals surface area (Å²) in [7, 11) is 0. The summed E-state index contributed by atoms with van der Waals surface area (Å²) in [6.45, 7) is 5.01. The maximum absolute atomic E-state index is 12.4. The minimum atomic E-state index is -0.0373. The topological polar surface area (TPSA) is 46.3 Å². The van der Waals surface area contributed by atoms with E-state index >= 15 is 0 Å². The monoisotopic (exact) mass is 294 g/mol. The fraction of sp³-hybridized carbons (Fsp3) is 0.562. The zero-order valence-electron chi connectivity index (χ0n) is 12.2. The Kier molecular flexibility index (Phi) is 5.06. The molecule has 0 spiro atoms. The van der Waals surface area contributed by atoms with Gasteiger partial charge in [-0.25, -0.2) is 0 Å². The summed E-state index contributed by atoms with van der Waals surface area (Å²) in [5.74, 6) is 0.644. The molecule has 0 bridgehead atoms. The predicted molar refractivity (Wildman–Crippen MR) is 82.6 cm³/mol. The second-order valence-electron chi connectivity index (χ2n) is 5.99. The molecule has 1 heterocycles. The first kappa shape index (κ1) is 15.3. The summed E-state index contributed by atoms with van der Waals surface area (Å²) in [5.41, 5.74) is 7.43. The zero-order chi connectivity index (χ0) is 14.7. The van der Waals surface area contributed by atoms with E-state index in [1.165, 1.54) is 0 Å². The Morgan fingerprint density at radius 2 is 2.00 bits per heavy atom. The second-order valence-corrected chi connectivity index (χ2v) is 6.43. The molecular weight excluding hydrogens is 272 g/mol. The highest BCUT2D eigenvalue weighted by Gasteiger charge is 2.32. The van der Waals surface area contributed by atoms with Crippen LogP contribution >= 0.6 is 11.6 Å². The molecule has 1 saturated heterocycles. The Bertz CT molecular complexity index is 458. The van der Waals surface area contributed by atoms with Crippen molar-refractivity contribution in [3.63, 3.8) is 0 Å². The van der Waals surface area contributed by atoms with Gasteiger partial charge in [-0.15, -0.1) is 0 Å². The number of likely N-dealkylation sites (tertiary alicyclic amines) is 1. The number of nitrogens with two attached hydrogens (primary N) is 1. The molecule has 2 rings (SSSR count). The van der Waals surface area contributed by atoms with Crippen molar-refractivity contribution in [2.24, 2.45) is 11.7 Å². The van der Waals surface area contributed by atoms with Crippen LogP contribution < -0.4 is 5.73 Å². The number of carbonyl (C=O) groups excluding carboxylic acids is 1. The van der Waals surface area contributed by atoms with Gasteiger partial charge in [0.15, 0.2) is 0 Å². The van der Waals surface area contributed by atoms with Gasteiger partial charge in [0.1, 0.15) is 0 Å². The van der Waals surface area contributed by atoms with Crippen LogP contribution in [0.3, 0.4) is 0 Å². The van der Waals surface area contributed by atoms with Crippen LogP contribution in [0.5, 0.6) is 0 Å². The summed E-state index contributed by atoms with van der Waals surface area (Å²) < 4.78 is 0. The Morgan fingerprint density at radius 1 is 1.35 bits per heavy atom. The average Bonchev–Trinajstić information content (AvgIpc) is 2.51. The van der Waals surface area contributed by atoms with Crippen LogP contribution in [-0.2, 0) is 4.79 Å². The van der Waals surface area contributed by atoms with Crippen LogP contribution in [-0.4, -0.2) is 23.4 Å². The smallest absolute Gasteiger partial charge is 0.223 e. The first-order valence-corrected chi connectivity index (χ1v) is 7.67. The van der Waals surface area contributed by atoms with E-state index in [1.54, 1.807) is 0 Å². The molecule has 0 radical (unpaired) electrons. The molecule has 2 atom stereocenters. The molecule has 2 N–H and O–H groups in total. The molecule has 0 aromatic heterocycles. The van der Waals surface area contributed by atoms with Gasteiger partial charge in [0.05, 0.1) is 6.04 Å². The predicted octanol–water partition coefficient (Wildman–Crippen LogP) is 3.38. The molecule has 1 aliphatic rings. The van der Waals surface area contributed by atoms with Crippen molar-refractivity contribution >= 4 is 17.5 Å². The Morgan fingerprint density at radius 3 is 2.60 bits per heavy atom. The molecule has 1 aliphatic heterocycles. The number of nitrogens with zero attached hydrogens (tertiary/aromatic N) is 1. The molecule has 0 saturated carbocycles. The number of benzene rings is 1. The third kappa shape index (κ3) is 3.53. The molecule has 3 nitrogen and oxygen atoms in total. The molecule has 2 unspecified atom stereocenters. The van der Waals surface area contributed by atoms with E-state index in [9.17, 15) is 4.79 Å². The molecule has 1 fully saturated rings. The summed E-state index contributed by atoms with van der Waals surface area (Å²) in [6.07, 6.45) is 2.36. The van der Waals surface area contributed by atoms with Gasteiger partial charge < -0.3 is 10.6 Å². The number of amides is 1. The van der Waals surface area contributed by atoms with E-state index in [2.05, 4.69) is 13.8 Å².